The molecule has 0 spiro atoms. The van der Waals surface area contributed by atoms with Crippen molar-refractivity contribution in [3.63, 3.8) is 0 Å². The van der Waals surface area contributed by atoms with Gasteiger partial charge in [0.25, 0.3) is 0 Å². The monoisotopic (exact) mass is 434 g/mol. The number of nitrogens with one attached hydrogen (secondary N) is 1. The summed E-state index contributed by atoms with van der Waals surface area (Å²) in [6, 6.07) is 13.3. The zero-order valence-corrected chi connectivity index (χ0v) is 18.0. The summed E-state index contributed by atoms with van der Waals surface area (Å²) in [5.74, 6) is 1.28. The molecular formula is C24H26N4O4. The summed E-state index contributed by atoms with van der Waals surface area (Å²) in [7, 11) is 0. The molecular weight excluding hydrogens is 408 g/mol. The molecule has 8 heteroatoms. The fraction of sp³-hybridized carbons (Fsp3) is 0.375. The molecule has 8 nitrogen and oxygen atoms in total. The average Bonchev–Trinajstić information content (AvgIpc) is 3.50. The Balaban J connectivity index is 1.17. The lowest BCUT2D eigenvalue weighted by atomic mass is 10.1. The van der Waals surface area contributed by atoms with E-state index in [-0.39, 0.29) is 18.6 Å². The average molecular weight is 434 g/mol. The van der Waals surface area contributed by atoms with Gasteiger partial charge in [-0.1, -0.05) is 24.3 Å². The van der Waals surface area contributed by atoms with E-state index in [1.54, 1.807) is 4.90 Å². The normalized spacial score (nSPS) is 17.3. The first-order chi connectivity index (χ1) is 15.6. The Morgan fingerprint density at radius 2 is 2.03 bits per heavy atom. The molecule has 2 aliphatic rings. The number of ether oxygens (including phenoxy) is 2. The highest BCUT2D eigenvalue weighted by Crippen LogP contribution is 2.33. The molecule has 1 atom stereocenters. The van der Waals surface area contributed by atoms with Crippen LogP contribution in [0.2, 0.25) is 0 Å². The molecule has 0 bridgehead atoms. The van der Waals surface area contributed by atoms with Crippen LogP contribution in [0.3, 0.4) is 0 Å². The number of hydrogen-bond donors (Lipinski definition) is 1. The maximum atomic E-state index is 12.8. The number of aromatic nitrogens is 2. The van der Waals surface area contributed by atoms with Crippen molar-refractivity contribution in [2.75, 3.05) is 13.3 Å². The predicted octanol–water partition coefficient (Wildman–Crippen LogP) is 2.77. The van der Waals surface area contributed by atoms with Crippen molar-refractivity contribution in [3.05, 3.63) is 53.7 Å². The van der Waals surface area contributed by atoms with E-state index in [9.17, 15) is 9.59 Å². The summed E-state index contributed by atoms with van der Waals surface area (Å²) in [4.78, 5) is 26.9. The fourth-order valence-corrected chi connectivity index (χ4v) is 4.46. The number of carbonyl (C=O) groups excluding carboxylic acids is 2. The van der Waals surface area contributed by atoms with Crippen molar-refractivity contribution >= 4 is 22.7 Å². The van der Waals surface area contributed by atoms with Gasteiger partial charge in [0.05, 0.1) is 11.2 Å². The zero-order chi connectivity index (χ0) is 22.1. The molecule has 166 valence electrons. The molecule has 32 heavy (non-hydrogen) atoms. The van der Waals surface area contributed by atoms with Crippen molar-refractivity contribution in [1.82, 2.24) is 20.0 Å². The van der Waals surface area contributed by atoms with Crippen LogP contribution in [0, 0.1) is 6.92 Å². The zero-order valence-electron chi connectivity index (χ0n) is 18.0. The summed E-state index contributed by atoms with van der Waals surface area (Å²) >= 11 is 0. The van der Waals surface area contributed by atoms with Crippen LogP contribution >= 0.6 is 0 Å². The van der Waals surface area contributed by atoms with Crippen molar-refractivity contribution in [2.45, 2.75) is 45.3 Å². The molecule has 1 aromatic heterocycles. The van der Waals surface area contributed by atoms with Crippen LogP contribution in [0.25, 0.3) is 10.9 Å². The van der Waals surface area contributed by atoms with Gasteiger partial charge in [-0.3, -0.25) is 14.3 Å². The number of para-hydroxylation sites is 1. The van der Waals surface area contributed by atoms with Crippen LogP contribution in [0.1, 0.15) is 30.5 Å². The summed E-state index contributed by atoms with van der Waals surface area (Å²) in [6.07, 6.45) is 1.69. The maximum absolute atomic E-state index is 12.8. The number of aryl methyl sites for hydroxylation is 2. The number of benzene rings is 2. The van der Waals surface area contributed by atoms with Crippen LogP contribution in [0.15, 0.2) is 42.5 Å². The van der Waals surface area contributed by atoms with E-state index in [2.05, 4.69) is 22.5 Å². The molecule has 0 saturated carbocycles. The third-order valence-electron chi connectivity index (χ3n) is 6.11. The maximum Gasteiger partial charge on any atom is 0.242 e. The molecule has 2 aliphatic heterocycles. The largest absolute Gasteiger partial charge is 0.454 e. The van der Waals surface area contributed by atoms with E-state index in [0.717, 1.165) is 35.1 Å². The molecule has 1 unspecified atom stereocenters. The second kappa shape index (κ2) is 8.53. The predicted molar refractivity (Wildman–Crippen MR) is 118 cm³/mol. The molecule has 5 rings (SSSR count). The van der Waals surface area contributed by atoms with Gasteiger partial charge in [0.2, 0.25) is 18.6 Å². The first kappa shape index (κ1) is 20.4. The Morgan fingerprint density at radius 1 is 1.19 bits per heavy atom. The van der Waals surface area contributed by atoms with Crippen LogP contribution in [-0.2, 0) is 22.7 Å². The fourth-order valence-electron chi connectivity index (χ4n) is 4.46. The van der Waals surface area contributed by atoms with Crippen LogP contribution < -0.4 is 14.8 Å². The second-order valence-electron chi connectivity index (χ2n) is 8.23. The van der Waals surface area contributed by atoms with Crippen molar-refractivity contribution in [3.8, 4) is 11.5 Å². The highest BCUT2D eigenvalue weighted by atomic mass is 16.7. The van der Waals surface area contributed by atoms with E-state index in [1.165, 1.54) is 0 Å². The first-order valence-electron chi connectivity index (χ1n) is 11.0. The minimum atomic E-state index is -0.444. The van der Waals surface area contributed by atoms with Gasteiger partial charge in [-0.05, 0) is 43.5 Å². The molecule has 1 saturated heterocycles. The van der Waals surface area contributed by atoms with Gasteiger partial charge >= 0.3 is 0 Å². The number of carbonyl (C=O) groups is 2. The van der Waals surface area contributed by atoms with Crippen molar-refractivity contribution < 1.29 is 19.1 Å². The lowest BCUT2D eigenvalue weighted by Crippen LogP contribution is -2.44. The number of nitrogens with zero attached hydrogens (tertiary/aromatic N) is 3. The second-order valence-corrected chi connectivity index (χ2v) is 8.23. The lowest BCUT2D eigenvalue weighted by Gasteiger charge is -2.24. The quantitative estimate of drug-likeness (QED) is 0.578. The van der Waals surface area contributed by atoms with Gasteiger partial charge in [0.1, 0.15) is 6.04 Å². The van der Waals surface area contributed by atoms with Crippen LogP contribution in [0.4, 0.5) is 0 Å². The minimum Gasteiger partial charge on any atom is -0.454 e. The van der Waals surface area contributed by atoms with Gasteiger partial charge in [-0.15, -0.1) is 0 Å². The topological polar surface area (TPSA) is 85.7 Å². The number of rotatable bonds is 7. The number of fused-ring (bicyclic) bond motifs is 2. The third kappa shape index (κ3) is 3.88. The van der Waals surface area contributed by atoms with Crippen LogP contribution in [-0.4, -0.2) is 45.9 Å². The first-order valence-corrected chi connectivity index (χ1v) is 11.0. The smallest absolute Gasteiger partial charge is 0.242 e. The Morgan fingerprint density at radius 3 is 2.94 bits per heavy atom. The van der Waals surface area contributed by atoms with E-state index in [4.69, 9.17) is 9.47 Å². The highest BCUT2D eigenvalue weighted by Gasteiger charge is 2.36. The number of amides is 2. The van der Waals surface area contributed by atoms with Gasteiger partial charge < -0.3 is 19.7 Å². The van der Waals surface area contributed by atoms with Crippen molar-refractivity contribution in [1.29, 1.82) is 0 Å². The standard InChI is InChI=1S/C24H26N4O4/c1-16-18-5-2-3-6-19(18)28(26-16)12-4-11-25-24(30)20-8-10-23(29)27(20)14-17-7-9-21-22(13-17)32-15-31-21/h2-3,5-7,9,13,20H,4,8,10-12,14-15H2,1H3,(H,25,30). The summed E-state index contributed by atoms with van der Waals surface area (Å²) in [5.41, 5.74) is 3.03. The van der Waals surface area contributed by atoms with E-state index >= 15 is 0 Å². The lowest BCUT2D eigenvalue weighted by molar-refractivity contribution is -0.135. The Bertz CT molecular complexity index is 1170. The molecule has 0 radical (unpaired) electrons. The molecule has 0 aliphatic carbocycles. The van der Waals surface area contributed by atoms with Gasteiger partial charge in [0, 0.05) is 31.4 Å². The summed E-state index contributed by atoms with van der Waals surface area (Å²) in [5, 5.41) is 8.77. The summed E-state index contributed by atoms with van der Waals surface area (Å²) < 4.78 is 12.8. The Labute approximate surface area is 186 Å². The van der Waals surface area contributed by atoms with E-state index in [0.29, 0.717) is 37.4 Å². The van der Waals surface area contributed by atoms with Gasteiger partial charge in [0.15, 0.2) is 11.5 Å². The SMILES string of the molecule is Cc1nn(CCCNC(=O)C2CCC(=O)N2Cc2ccc3c(c2)OCO3)c2ccccc12. The van der Waals surface area contributed by atoms with E-state index in [1.807, 2.05) is 41.9 Å². The molecule has 2 aromatic carbocycles. The summed E-state index contributed by atoms with van der Waals surface area (Å²) in [6.45, 7) is 3.85. The number of likely N-dealkylation sites (tertiary alicyclic amines) is 1. The molecule has 3 aromatic rings. The van der Waals surface area contributed by atoms with E-state index < -0.39 is 6.04 Å². The highest BCUT2D eigenvalue weighted by molar-refractivity contribution is 5.90. The third-order valence-corrected chi connectivity index (χ3v) is 6.11. The Kier molecular flexibility index (Phi) is 5.43. The number of hydrogen-bond acceptors (Lipinski definition) is 5. The molecule has 3 heterocycles. The Hall–Kier alpha value is -3.55. The molecule has 1 N–H and O–H groups in total. The van der Waals surface area contributed by atoms with Crippen LogP contribution in [0.5, 0.6) is 11.5 Å². The van der Waals surface area contributed by atoms with Gasteiger partial charge in [-0.2, -0.15) is 5.10 Å². The molecule has 2 amide bonds. The minimum absolute atomic E-state index is 0.00121. The van der Waals surface area contributed by atoms with Gasteiger partial charge in [-0.25, -0.2) is 0 Å². The molecule has 1 fully saturated rings. The van der Waals surface area contributed by atoms with Crippen molar-refractivity contribution in [2.24, 2.45) is 0 Å².